The van der Waals surface area contributed by atoms with Crippen LogP contribution in [-0.4, -0.2) is 17.4 Å². The maximum atomic E-state index is 13.4. The van der Waals surface area contributed by atoms with Gasteiger partial charge in [0.15, 0.2) is 5.65 Å². The molecule has 0 saturated carbocycles. The highest BCUT2D eigenvalue weighted by Gasteiger charge is 2.24. The molecule has 27 heavy (non-hydrogen) atoms. The van der Waals surface area contributed by atoms with Crippen molar-refractivity contribution in [3.63, 3.8) is 0 Å². The lowest BCUT2D eigenvalue weighted by Gasteiger charge is -2.12. The van der Waals surface area contributed by atoms with Crippen molar-refractivity contribution in [3.05, 3.63) is 82.5 Å². The van der Waals surface area contributed by atoms with Gasteiger partial charge in [-0.05, 0) is 49.4 Å². The van der Waals surface area contributed by atoms with Crippen LogP contribution in [0.25, 0.3) is 22.3 Å². The van der Waals surface area contributed by atoms with Crippen LogP contribution in [0.3, 0.4) is 0 Å². The number of halogens is 2. The van der Waals surface area contributed by atoms with Crippen molar-refractivity contribution < 1.29 is 8.42 Å². The van der Waals surface area contributed by atoms with Gasteiger partial charge in [0.25, 0.3) is 10.0 Å². The van der Waals surface area contributed by atoms with E-state index in [0.29, 0.717) is 32.3 Å². The van der Waals surface area contributed by atoms with Gasteiger partial charge in [-0.15, -0.1) is 0 Å². The Morgan fingerprint density at radius 3 is 2.37 bits per heavy atom. The van der Waals surface area contributed by atoms with Gasteiger partial charge < -0.3 is 0 Å². The second-order valence-corrected chi connectivity index (χ2v) is 8.76. The van der Waals surface area contributed by atoms with Crippen LogP contribution in [0.5, 0.6) is 0 Å². The number of hydrogen-bond donors (Lipinski definition) is 0. The van der Waals surface area contributed by atoms with Crippen molar-refractivity contribution in [2.24, 2.45) is 0 Å². The lowest BCUT2D eigenvalue weighted by molar-refractivity contribution is 0.589. The highest BCUT2D eigenvalue weighted by molar-refractivity contribution is 7.90. The SMILES string of the molecule is Cc1ccc(S(=O)(=O)n2c(-c3ccc(Cl)c(Cl)c3)cc3cccnc32)cc1. The molecular formula is C20H14Cl2N2O2S. The Kier molecular flexibility index (Phi) is 4.46. The zero-order valence-electron chi connectivity index (χ0n) is 14.2. The van der Waals surface area contributed by atoms with Crippen molar-refractivity contribution in [1.29, 1.82) is 0 Å². The minimum Gasteiger partial charge on any atom is -0.237 e. The zero-order valence-corrected chi connectivity index (χ0v) is 16.6. The molecule has 2 heterocycles. The van der Waals surface area contributed by atoms with E-state index in [4.69, 9.17) is 23.2 Å². The first-order chi connectivity index (χ1) is 12.9. The normalized spacial score (nSPS) is 11.8. The van der Waals surface area contributed by atoms with Crippen LogP contribution < -0.4 is 0 Å². The molecule has 0 aliphatic carbocycles. The summed E-state index contributed by atoms with van der Waals surface area (Å²) in [5.41, 5.74) is 2.45. The van der Waals surface area contributed by atoms with Gasteiger partial charge >= 0.3 is 0 Å². The Labute approximate surface area is 167 Å². The summed E-state index contributed by atoms with van der Waals surface area (Å²) in [6, 6.07) is 17.1. The average molecular weight is 417 g/mol. The van der Waals surface area contributed by atoms with E-state index in [-0.39, 0.29) is 4.90 Å². The van der Waals surface area contributed by atoms with E-state index in [1.165, 1.54) is 3.97 Å². The van der Waals surface area contributed by atoms with Crippen molar-refractivity contribution in [1.82, 2.24) is 8.96 Å². The minimum atomic E-state index is -3.86. The molecule has 7 heteroatoms. The molecule has 0 aliphatic rings. The van der Waals surface area contributed by atoms with Crippen LogP contribution in [0.1, 0.15) is 5.56 Å². The summed E-state index contributed by atoms with van der Waals surface area (Å²) in [6.45, 7) is 1.91. The maximum absolute atomic E-state index is 13.4. The van der Waals surface area contributed by atoms with Crippen molar-refractivity contribution in [3.8, 4) is 11.3 Å². The Balaban J connectivity index is 2.04. The molecule has 0 saturated heterocycles. The number of rotatable bonds is 3. The molecule has 4 aromatic rings. The zero-order chi connectivity index (χ0) is 19.2. The molecule has 0 fully saturated rings. The van der Waals surface area contributed by atoms with Gasteiger partial charge in [-0.25, -0.2) is 17.4 Å². The summed E-state index contributed by atoms with van der Waals surface area (Å²) >= 11 is 12.2. The maximum Gasteiger partial charge on any atom is 0.269 e. The molecule has 4 nitrogen and oxygen atoms in total. The standard InChI is InChI=1S/C20H14Cl2N2O2S/c1-13-4-7-16(8-5-13)27(25,26)24-19(12-15-3-2-10-23-20(15)24)14-6-9-17(21)18(22)11-14/h2-12H,1H3. The number of benzene rings is 2. The van der Waals surface area contributed by atoms with Gasteiger partial charge in [0.05, 0.1) is 20.6 Å². The Morgan fingerprint density at radius 2 is 1.67 bits per heavy atom. The van der Waals surface area contributed by atoms with Crippen molar-refractivity contribution in [2.45, 2.75) is 11.8 Å². The van der Waals surface area contributed by atoms with Gasteiger partial charge in [0.1, 0.15) is 0 Å². The van der Waals surface area contributed by atoms with Crippen molar-refractivity contribution >= 4 is 44.3 Å². The number of aryl methyl sites for hydroxylation is 1. The molecule has 0 N–H and O–H groups in total. The van der Waals surface area contributed by atoms with Gasteiger partial charge in [0, 0.05) is 17.1 Å². The first-order valence-corrected chi connectivity index (χ1v) is 10.3. The van der Waals surface area contributed by atoms with Gasteiger partial charge in [-0.3, -0.25) is 0 Å². The fourth-order valence-electron chi connectivity index (χ4n) is 2.93. The molecule has 0 radical (unpaired) electrons. The molecule has 0 aliphatic heterocycles. The molecule has 4 rings (SSSR count). The first kappa shape index (κ1) is 18.0. The molecule has 0 spiro atoms. The van der Waals surface area contributed by atoms with E-state index < -0.39 is 10.0 Å². The molecule has 0 bridgehead atoms. The number of pyridine rings is 1. The largest absolute Gasteiger partial charge is 0.269 e. The Hall–Kier alpha value is -2.34. The van der Waals surface area contributed by atoms with E-state index >= 15 is 0 Å². The van der Waals surface area contributed by atoms with E-state index in [9.17, 15) is 8.42 Å². The van der Waals surface area contributed by atoms with Crippen LogP contribution in [0, 0.1) is 6.92 Å². The molecule has 2 aromatic heterocycles. The number of hydrogen-bond acceptors (Lipinski definition) is 3. The summed E-state index contributed by atoms with van der Waals surface area (Å²) in [5.74, 6) is 0. The Bertz CT molecular complexity index is 1260. The molecule has 0 amide bonds. The van der Waals surface area contributed by atoms with E-state index in [0.717, 1.165) is 5.56 Å². The van der Waals surface area contributed by atoms with Crippen LogP contribution in [0.4, 0.5) is 0 Å². The smallest absolute Gasteiger partial charge is 0.237 e. The Morgan fingerprint density at radius 1 is 0.926 bits per heavy atom. The van der Waals surface area contributed by atoms with Gasteiger partial charge in [-0.1, -0.05) is 47.0 Å². The molecule has 2 aromatic carbocycles. The summed E-state index contributed by atoms with van der Waals surface area (Å²) in [6.07, 6.45) is 1.57. The van der Waals surface area contributed by atoms with Crippen LogP contribution >= 0.6 is 23.2 Å². The monoisotopic (exact) mass is 416 g/mol. The fourth-order valence-corrected chi connectivity index (χ4v) is 4.71. The van der Waals surface area contributed by atoms with Gasteiger partial charge in [0.2, 0.25) is 0 Å². The second kappa shape index (κ2) is 6.68. The summed E-state index contributed by atoms with van der Waals surface area (Å²) in [7, 11) is -3.86. The fraction of sp³-hybridized carbons (Fsp3) is 0.0500. The molecular weight excluding hydrogens is 403 g/mol. The third-order valence-electron chi connectivity index (χ3n) is 4.29. The first-order valence-electron chi connectivity index (χ1n) is 8.12. The lowest BCUT2D eigenvalue weighted by atomic mass is 10.1. The van der Waals surface area contributed by atoms with E-state index in [2.05, 4.69) is 4.98 Å². The van der Waals surface area contributed by atoms with Crippen molar-refractivity contribution in [2.75, 3.05) is 0 Å². The molecule has 136 valence electrons. The summed E-state index contributed by atoms with van der Waals surface area (Å²) < 4.78 is 28.1. The summed E-state index contributed by atoms with van der Waals surface area (Å²) in [4.78, 5) is 4.49. The number of aromatic nitrogens is 2. The van der Waals surface area contributed by atoms with Crippen LogP contribution in [0.15, 0.2) is 71.8 Å². The predicted molar refractivity (Wildman–Crippen MR) is 109 cm³/mol. The van der Waals surface area contributed by atoms with E-state index in [1.807, 2.05) is 13.0 Å². The van der Waals surface area contributed by atoms with Gasteiger partial charge in [-0.2, -0.15) is 0 Å². The minimum absolute atomic E-state index is 0.192. The predicted octanol–water partition coefficient (Wildman–Crippen LogP) is 5.56. The van der Waals surface area contributed by atoms with Crippen LogP contribution in [0.2, 0.25) is 10.0 Å². The number of nitrogens with zero attached hydrogens (tertiary/aromatic N) is 2. The second-order valence-electron chi connectivity index (χ2n) is 6.16. The third-order valence-corrected chi connectivity index (χ3v) is 6.75. The topological polar surface area (TPSA) is 52.0 Å². The quantitative estimate of drug-likeness (QED) is 0.439. The lowest BCUT2D eigenvalue weighted by Crippen LogP contribution is -2.14. The molecule has 0 atom stereocenters. The third kappa shape index (κ3) is 3.12. The highest BCUT2D eigenvalue weighted by atomic mass is 35.5. The van der Waals surface area contributed by atoms with E-state index in [1.54, 1.807) is 60.8 Å². The molecule has 0 unspecified atom stereocenters. The number of fused-ring (bicyclic) bond motifs is 1. The summed E-state index contributed by atoms with van der Waals surface area (Å²) in [5, 5.41) is 1.48. The highest BCUT2D eigenvalue weighted by Crippen LogP contribution is 2.34. The average Bonchev–Trinajstić information content (AvgIpc) is 3.04. The van der Waals surface area contributed by atoms with Crippen LogP contribution in [-0.2, 0) is 10.0 Å².